The fourth-order valence-electron chi connectivity index (χ4n) is 3.30. The molecule has 2 aliphatic heterocycles. The van der Waals surface area contributed by atoms with Crippen LogP contribution in [0.2, 0.25) is 0 Å². The molecule has 3 rings (SSSR count). The summed E-state index contributed by atoms with van der Waals surface area (Å²) in [6.07, 6.45) is 7.53. The first-order valence-electron chi connectivity index (χ1n) is 6.64. The average Bonchev–Trinajstić information content (AvgIpc) is 2.91. The Labute approximate surface area is 97.4 Å². The zero-order valence-corrected chi connectivity index (χ0v) is 10.2. The molecule has 92 valence electrons. The van der Waals surface area contributed by atoms with Crippen molar-refractivity contribution >= 4 is 0 Å². The van der Waals surface area contributed by atoms with Crippen molar-refractivity contribution < 1.29 is 14.2 Å². The van der Waals surface area contributed by atoms with Gasteiger partial charge in [0.05, 0.1) is 25.4 Å². The van der Waals surface area contributed by atoms with E-state index in [0.717, 1.165) is 32.2 Å². The SMILES string of the molecule is CC1(CCC2CCCCC23CO3)OCCO1. The van der Waals surface area contributed by atoms with E-state index >= 15 is 0 Å². The number of epoxide rings is 1. The van der Waals surface area contributed by atoms with Gasteiger partial charge in [-0.05, 0) is 32.1 Å². The van der Waals surface area contributed by atoms with Crippen molar-refractivity contribution in [3.63, 3.8) is 0 Å². The zero-order chi connectivity index (χ0) is 11.1. The van der Waals surface area contributed by atoms with Crippen molar-refractivity contribution in [3.05, 3.63) is 0 Å². The number of hydrogen-bond acceptors (Lipinski definition) is 3. The maximum absolute atomic E-state index is 5.72. The molecule has 0 N–H and O–H groups in total. The molecule has 0 aromatic rings. The summed E-state index contributed by atoms with van der Waals surface area (Å²) < 4.78 is 17.0. The summed E-state index contributed by atoms with van der Waals surface area (Å²) >= 11 is 0. The maximum atomic E-state index is 5.72. The van der Waals surface area contributed by atoms with Crippen molar-refractivity contribution in [2.75, 3.05) is 19.8 Å². The van der Waals surface area contributed by atoms with Crippen LogP contribution in [0, 0.1) is 5.92 Å². The lowest BCUT2D eigenvalue weighted by Gasteiger charge is -2.31. The van der Waals surface area contributed by atoms with Crippen LogP contribution in [0.1, 0.15) is 45.4 Å². The van der Waals surface area contributed by atoms with Crippen molar-refractivity contribution in [1.29, 1.82) is 0 Å². The molecular weight excluding hydrogens is 204 g/mol. The Morgan fingerprint density at radius 2 is 1.88 bits per heavy atom. The van der Waals surface area contributed by atoms with Gasteiger partial charge in [0.2, 0.25) is 0 Å². The summed E-state index contributed by atoms with van der Waals surface area (Å²) in [4.78, 5) is 0. The van der Waals surface area contributed by atoms with Crippen LogP contribution in [0.5, 0.6) is 0 Å². The van der Waals surface area contributed by atoms with E-state index in [2.05, 4.69) is 6.92 Å². The van der Waals surface area contributed by atoms with Gasteiger partial charge in [0, 0.05) is 6.42 Å². The summed E-state index contributed by atoms with van der Waals surface area (Å²) in [5.41, 5.74) is 0.271. The Kier molecular flexibility index (Phi) is 2.73. The summed E-state index contributed by atoms with van der Waals surface area (Å²) in [5.74, 6) is 0.430. The van der Waals surface area contributed by atoms with Gasteiger partial charge in [-0.3, -0.25) is 0 Å². The first kappa shape index (κ1) is 11.0. The standard InChI is InChI=1S/C13H22O3/c1-12(14-8-9-15-12)7-5-11-4-2-3-6-13(11)10-16-13/h11H,2-10H2,1H3. The fourth-order valence-corrected chi connectivity index (χ4v) is 3.30. The lowest BCUT2D eigenvalue weighted by atomic mass is 9.76. The van der Waals surface area contributed by atoms with Gasteiger partial charge in [0.15, 0.2) is 5.79 Å². The van der Waals surface area contributed by atoms with E-state index in [0.29, 0.717) is 0 Å². The molecule has 1 saturated carbocycles. The van der Waals surface area contributed by atoms with Crippen molar-refractivity contribution in [1.82, 2.24) is 0 Å². The first-order chi connectivity index (χ1) is 7.73. The zero-order valence-electron chi connectivity index (χ0n) is 10.2. The van der Waals surface area contributed by atoms with Crippen LogP contribution in [-0.4, -0.2) is 31.2 Å². The molecule has 0 radical (unpaired) electrons. The van der Waals surface area contributed by atoms with Gasteiger partial charge in [-0.1, -0.05) is 12.8 Å². The fraction of sp³-hybridized carbons (Fsp3) is 1.00. The van der Waals surface area contributed by atoms with Crippen LogP contribution in [0.15, 0.2) is 0 Å². The van der Waals surface area contributed by atoms with Crippen LogP contribution < -0.4 is 0 Å². The van der Waals surface area contributed by atoms with Gasteiger partial charge in [0.1, 0.15) is 0 Å². The Bertz CT molecular complexity index is 254. The van der Waals surface area contributed by atoms with E-state index in [4.69, 9.17) is 14.2 Å². The third kappa shape index (κ3) is 2.01. The van der Waals surface area contributed by atoms with Crippen molar-refractivity contribution in [2.24, 2.45) is 5.92 Å². The van der Waals surface area contributed by atoms with E-state index in [-0.39, 0.29) is 11.4 Å². The highest BCUT2D eigenvalue weighted by molar-refractivity contribution is 5.00. The summed E-state index contributed by atoms with van der Waals surface area (Å²) in [7, 11) is 0. The average molecular weight is 226 g/mol. The van der Waals surface area contributed by atoms with Gasteiger partial charge in [-0.15, -0.1) is 0 Å². The van der Waals surface area contributed by atoms with E-state index in [1.54, 1.807) is 0 Å². The van der Waals surface area contributed by atoms with Gasteiger partial charge in [-0.2, -0.15) is 0 Å². The van der Waals surface area contributed by atoms with Crippen LogP contribution in [0.3, 0.4) is 0 Å². The third-order valence-corrected chi connectivity index (χ3v) is 4.51. The summed E-state index contributed by atoms with van der Waals surface area (Å²) in [5, 5.41) is 0. The molecule has 3 nitrogen and oxygen atoms in total. The molecular formula is C13H22O3. The second-order valence-electron chi connectivity index (χ2n) is 5.67. The van der Waals surface area contributed by atoms with Crippen LogP contribution in [0.4, 0.5) is 0 Å². The molecule has 2 atom stereocenters. The van der Waals surface area contributed by atoms with Crippen molar-refractivity contribution in [2.45, 2.75) is 56.8 Å². The monoisotopic (exact) mass is 226 g/mol. The molecule has 0 amide bonds. The van der Waals surface area contributed by atoms with E-state index < -0.39 is 0 Å². The van der Waals surface area contributed by atoms with Gasteiger partial charge >= 0.3 is 0 Å². The van der Waals surface area contributed by atoms with Crippen molar-refractivity contribution in [3.8, 4) is 0 Å². The Hall–Kier alpha value is -0.120. The minimum absolute atomic E-state index is 0.271. The Morgan fingerprint density at radius 1 is 1.12 bits per heavy atom. The highest BCUT2D eigenvalue weighted by atomic mass is 16.7. The van der Waals surface area contributed by atoms with Gasteiger partial charge in [-0.25, -0.2) is 0 Å². The molecule has 16 heavy (non-hydrogen) atoms. The molecule has 0 aromatic heterocycles. The minimum atomic E-state index is -0.312. The molecule has 3 fully saturated rings. The molecule has 3 heteroatoms. The molecule has 1 aliphatic carbocycles. The summed E-state index contributed by atoms with van der Waals surface area (Å²) in [6, 6.07) is 0. The second-order valence-corrected chi connectivity index (χ2v) is 5.67. The van der Waals surface area contributed by atoms with Gasteiger partial charge < -0.3 is 14.2 Å². The number of ether oxygens (including phenoxy) is 3. The van der Waals surface area contributed by atoms with E-state index in [1.807, 2.05) is 0 Å². The Morgan fingerprint density at radius 3 is 2.56 bits per heavy atom. The molecule has 3 aliphatic rings. The van der Waals surface area contributed by atoms with Gasteiger partial charge in [0.25, 0.3) is 0 Å². The molecule has 2 unspecified atom stereocenters. The predicted molar refractivity (Wildman–Crippen MR) is 60.2 cm³/mol. The smallest absolute Gasteiger partial charge is 0.165 e. The third-order valence-electron chi connectivity index (χ3n) is 4.51. The molecule has 2 saturated heterocycles. The second kappa shape index (κ2) is 3.97. The number of hydrogen-bond donors (Lipinski definition) is 0. The minimum Gasteiger partial charge on any atom is -0.369 e. The predicted octanol–water partition coefficient (Wildman–Crippen LogP) is 2.49. The van der Waals surface area contributed by atoms with Crippen LogP contribution >= 0.6 is 0 Å². The van der Waals surface area contributed by atoms with Crippen LogP contribution in [0.25, 0.3) is 0 Å². The van der Waals surface area contributed by atoms with E-state index in [9.17, 15) is 0 Å². The maximum Gasteiger partial charge on any atom is 0.165 e. The highest BCUT2D eigenvalue weighted by Crippen LogP contribution is 2.48. The summed E-state index contributed by atoms with van der Waals surface area (Å²) in [6.45, 7) is 4.57. The normalized spacial score (nSPS) is 41.4. The number of rotatable bonds is 3. The highest BCUT2D eigenvalue weighted by Gasteiger charge is 2.52. The molecule has 1 spiro atoms. The largest absolute Gasteiger partial charge is 0.369 e. The quantitative estimate of drug-likeness (QED) is 0.693. The first-order valence-corrected chi connectivity index (χ1v) is 6.64. The van der Waals surface area contributed by atoms with Crippen LogP contribution in [-0.2, 0) is 14.2 Å². The van der Waals surface area contributed by atoms with E-state index in [1.165, 1.54) is 32.1 Å². The lowest BCUT2D eigenvalue weighted by molar-refractivity contribution is -0.150. The Balaban J connectivity index is 1.54. The molecule has 0 aromatic carbocycles. The molecule has 2 heterocycles. The lowest BCUT2D eigenvalue weighted by Crippen LogP contribution is -2.32. The topological polar surface area (TPSA) is 31.0 Å². The molecule has 0 bridgehead atoms.